The van der Waals surface area contributed by atoms with E-state index in [2.05, 4.69) is 25.9 Å². The molecular weight excluding hydrogens is 549 g/mol. The predicted molar refractivity (Wildman–Crippen MR) is 135 cm³/mol. The van der Waals surface area contributed by atoms with Crippen molar-refractivity contribution in [2.75, 3.05) is 19.7 Å². The summed E-state index contributed by atoms with van der Waals surface area (Å²) in [5.41, 5.74) is 2.15. The van der Waals surface area contributed by atoms with Crippen LogP contribution in [0.3, 0.4) is 0 Å². The number of fused-ring (bicyclic) bond motifs is 1. The highest BCUT2D eigenvalue weighted by molar-refractivity contribution is 6.67. The Kier molecular flexibility index (Phi) is 7.89. The number of allylic oxidation sites excluding steroid dienone is 4. The van der Waals surface area contributed by atoms with Gasteiger partial charge in [-0.05, 0) is 43.0 Å². The lowest BCUT2D eigenvalue weighted by Crippen LogP contribution is -2.37. The average molecular weight is 569 g/mol. The summed E-state index contributed by atoms with van der Waals surface area (Å²) in [4.78, 5) is 15.1. The Morgan fingerprint density at radius 3 is 2.21 bits per heavy atom. The number of alkyl halides is 6. The summed E-state index contributed by atoms with van der Waals surface area (Å²) in [5, 5.41) is 0. The number of halogens is 6. The summed E-state index contributed by atoms with van der Waals surface area (Å²) in [6.45, 7) is 2.41. The molecule has 1 aliphatic carbocycles. The zero-order chi connectivity index (χ0) is 23.6. The van der Waals surface area contributed by atoms with Crippen LogP contribution in [0.4, 0.5) is 0 Å². The van der Waals surface area contributed by atoms with Crippen molar-refractivity contribution in [3.8, 4) is 5.75 Å². The van der Waals surface area contributed by atoms with Crippen LogP contribution in [0.1, 0.15) is 36.7 Å². The van der Waals surface area contributed by atoms with E-state index >= 15 is 0 Å². The number of rotatable bonds is 5. The molecule has 0 N–H and O–H groups in total. The largest absolute Gasteiger partial charge is 0.492 e. The van der Waals surface area contributed by atoms with Gasteiger partial charge in [0.2, 0.25) is 7.59 Å². The number of aromatic nitrogens is 3. The monoisotopic (exact) mass is 566 g/mol. The third-order valence-corrected chi connectivity index (χ3v) is 6.50. The van der Waals surface area contributed by atoms with Crippen molar-refractivity contribution in [3.05, 3.63) is 65.7 Å². The molecule has 4 rings (SSSR count). The maximum atomic E-state index is 6.01. The Morgan fingerprint density at radius 1 is 0.909 bits per heavy atom. The molecule has 2 aromatic rings. The highest BCUT2D eigenvalue weighted by Crippen LogP contribution is 2.42. The van der Waals surface area contributed by atoms with Crippen molar-refractivity contribution in [2.24, 2.45) is 5.92 Å². The maximum Gasteiger partial charge on any atom is 0.250 e. The van der Waals surface area contributed by atoms with Gasteiger partial charge >= 0.3 is 0 Å². The summed E-state index contributed by atoms with van der Waals surface area (Å²) >= 11 is 36.1. The van der Waals surface area contributed by atoms with Gasteiger partial charge in [0.25, 0.3) is 0 Å². The molecule has 33 heavy (non-hydrogen) atoms. The number of piperidine rings is 1. The summed E-state index contributed by atoms with van der Waals surface area (Å²) in [6.07, 6.45) is 6.93. The van der Waals surface area contributed by atoms with Crippen LogP contribution in [0.2, 0.25) is 0 Å². The summed E-state index contributed by atoms with van der Waals surface area (Å²) < 4.78 is 2.13. The number of hydrogen-bond donors (Lipinski definition) is 0. The molecule has 2 aliphatic rings. The number of hydrogen-bond acceptors (Lipinski definition) is 5. The maximum absolute atomic E-state index is 6.01. The minimum absolute atomic E-state index is 0.0853. The molecule has 0 radical (unpaired) electrons. The van der Waals surface area contributed by atoms with E-state index in [0.29, 0.717) is 18.3 Å². The smallest absolute Gasteiger partial charge is 0.250 e. The topological polar surface area (TPSA) is 51.1 Å². The molecule has 1 aromatic carbocycles. The highest BCUT2D eigenvalue weighted by Gasteiger charge is 2.35. The van der Waals surface area contributed by atoms with Crippen molar-refractivity contribution in [3.63, 3.8) is 0 Å². The summed E-state index contributed by atoms with van der Waals surface area (Å²) in [7, 11) is 0. The Hall–Kier alpha value is -0.950. The van der Waals surface area contributed by atoms with E-state index in [-0.39, 0.29) is 11.6 Å². The lowest BCUT2D eigenvalue weighted by molar-refractivity contribution is 0.196. The first kappa shape index (κ1) is 25.2. The lowest BCUT2D eigenvalue weighted by atomic mass is 9.84. The van der Waals surface area contributed by atoms with Crippen LogP contribution < -0.4 is 4.74 Å². The van der Waals surface area contributed by atoms with Gasteiger partial charge in [-0.15, -0.1) is 0 Å². The molecule has 1 fully saturated rings. The van der Waals surface area contributed by atoms with E-state index in [1.54, 1.807) is 0 Å². The van der Waals surface area contributed by atoms with Crippen LogP contribution in [-0.4, -0.2) is 39.5 Å². The van der Waals surface area contributed by atoms with Gasteiger partial charge in [0.05, 0.1) is 6.54 Å². The standard InChI is InChI=1S/C22H20Cl6N4O/c23-21(24,25)19-29-18(30-20(31-19)22(26,27)28)15-8-9-17-14(13-15)5-4-10-32(17)11-12-33-16-6-2-1-3-7-16/h1-3,6-9,14H,4-5,10-13H2. The lowest BCUT2D eigenvalue weighted by Gasteiger charge is -2.39. The zero-order valence-electron chi connectivity index (χ0n) is 17.3. The van der Waals surface area contributed by atoms with Crippen LogP contribution in [0.15, 0.2) is 48.2 Å². The van der Waals surface area contributed by atoms with E-state index in [1.807, 2.05) is 36.4 Å². The van der Waals surface area contributed by atoms with Crippen molar-refractivity contribution in [1.29, 1.82) is 0 Å². The average Bonchev–Trinajstić information content (AvgIpc) is 2.78. The molecule has 0 spiro atoms. The van der Waals surface area contributed by atoms with Gasteiger partial charge < -0.3 is 9.64 Å². The first-order valence-electron chi connectivity index (χ1n) is 10.4. The molecule has 0 amide bonds. The van der Waals surface area contributed by atoms with Gasteiger partial charge in [-0.1, -0.05) is 93.9 Å². The quantitative estimate of drug-likeness (QED) is 0.364. The third-order valence-electron chi connectivity index (χ3n) is 5.49. The fraction of sp³-hybridized carbons (Fsp3) is 0.409. The van der Waals surface area contributed by atoms with Crippen LogP contribution in [0.5, 0.6) is 5.75 Å². The molecule has 1 aromatic heterocycles. The summed E-state index contributed by atoms with van der Waals surface area (Å²) in [5.74, 6) is 1.36. The van der Waals surface area contributed by atoms with Crippen molar-refractivity contribution < 1.29 is 4.74 Å². The SMILES string of the molecule is ClC(Cl)(Cl)c1nc(C2=CC=C3C(CCCN3CCOc3ccccc3)C2)nc(C(Cl)(Cl)Cl)n1. The van der Waals surface area contributed by atoms with Gasteiger partial charge in [0.15, 0.2) is 17.5 Å². The second-order valence-electron chi connectivity index (χ2n) is 7.78. The number of nitrogens with zero attached hydrogens (tertiary/aromatic N) is 4. The first-order valence-corrected chi connectivity index (χ1v) is 12.6. The molecule has 11 heteroatoms. The minimum atomic E-state index is -1.88. The first-order chi connectivity index (χ1) is 15.6. The Morgan fingerprint density at radius 2 is 1.58 bits per heavy atom. The van der Waals surface area contributed by atoms with E-state index < -0.39 is 7.59 Å². The molecule has 1 saturated heterocycles. The second kappa shape index (κ2) is 10.3. The van der Waals surface area contributed by atoms with Crippen LogP contribution in [0, 0.1) is 5.92 Å². The van der Waals surface area contributed by atoms with Crippen molar-refractivity contribution >= 4 is 75.2 Å². The number of benzene rings is 1. The Balaban J connectivity index is 1.55. The third kappa shape index (κ3) is 6.39. The molecule has 1 atom stereocenters. The van der Waals surface area contributed by atoms with Gasteiger partial charge in [0, 0.05) is 18.2 Å². The van der Waals surface area contributed by atoms with Gasteiger partial charge in [-0.25, -0.2) is 15.0 Å². The van der Waals surface area contributed by atoms with E-state index in [1.165, 1.54) is 5.70 Å². The van der Waals surface area contributed by atoms with Crippen molar-refractivity contribution in [2.45, 2.75) is 26.8 Å². The van der Waals surface area contributed by atoms with Crippen molar-refractivity contribution in [1.82, 2.24) is 19.9 Å². The fourth-order valence-electron chi connectivity index (χ4n) is 4.00. The van der Waals surface area contributed by atoms with Gasteiger partial charge in [-0.2, -0.15) is 0 Å². The number of ether oxygens (including phenoxy) is 1. The highest BCUT2D eigenvalue weighted by atomic mass is 35.6. The van der Waals surface area contributed by atoms with Crippen LogP contribution >= 0.6 is 69.6 Å². The summed E-state index contributed by atoms with van der Waals surface area (Å²) in [6, 6.07) is 9.81. The zero-order valence-corrected chi connectivity index (χ0v) is 21.9. The Labute approximate surface area is 222 Å². The van der Waals surface area contributed by atoms with Gasteiger partial charge in [0.1, 0.15) is 12.4 Å². The van der Waals surface area contributed by atoms with Crippen LogP contribution in [-0.2, 0) is 7.59 Å². The molecule has 1 aliphatic heterocycles. The van der Waals surface area contributed by atoms with E-state index in [0.717, 1.165) is 43.7 Å². The number of para-hydroxylation sites is 1. The number of likely N-dealkylation sites (tertiary alicyclic amines) is 1. The van der Waals surface area contributed by atoms with Crippen LogP contribution in [0.25, 0.3) is 5.57 Å². The predicted octanol–water partition coefficient (Wildman–Crippen LogP) is 6.99. The molecule has 176 valence electrons. The normalized spacial score (nSPS) is 19.0. The van der Waals surface area contributed by atoms with Gasteiger partial charge in [-0.3, -0.25) is 0 Å². The second-order valence-corrected chi connectivity index (χ2v) is 12.3. The van der Waals surface area contributed by atoms with E-state index in [9.17, 15) is 0 Å². The molecule has 2 heterocycles. The molecular formula is C22H20Cl6N4O. The molecule has 0 bridgehead atoms. The molecule has 5 nitrogen and oxygen atoms in total. The van der Waals surface area contributed by atoms with E-state index in [4.69, 9.17) is 74.3 Å². The fourth-order valence-corrected chi connectivity index (χ4v) is 4.51. The Bertz CT molecular complexity index is 1020. The minimum Gasteiger partial charge on any atom is -0.492 e. The molecule has 0 saturated carbocycles. The molecule has 1 unspecified atom stereocenters.